The molecule has 2 saturated heterocycles. The van der Waals surface area contributed by atoms with Gasteiger partial charge in [-0.1, -0.05) is 0 Å². The number of carbonyl (C=O) groups excluding carboxylic acids is 1. The van der Waals surface area contributed by atoms with E-state index in [1.807, 2.05) is 0 Å². The van der Waals surface area contributed by atoms with Gasteiger partial charge in [0.15, 0.2) is 5.79 Å². The van der Waals surface area contributed by atoms with Crippen LogP contribution >= 0.6 is 0 Å². The van der Waals surface area contributed by atoms with Crippen molar-refractivity contribution in [2.24, 2.45) is 0 Å². The fourth-order valence-electron chi connectivity index (χ4n) is 3.17. The summed E-state index contributed by atoms with van der Waals surface area (Å²) in [6.45, 7) is 1.17. The summed E-state index contributed by atoms with van der Waals surface area (Å²) in [5.41, 5.74) is -0.363. The van der Waals surface area contributed by atoms with Crippen LogP contribution in [-0.2, 0) is 24.3 Å². The number of sulfonamides is 1. The Hall–Kier alpha value is -1.78. The molecule has 0 unspecified atom stereocenters. The van der Waals surface area contributed by atoms with Crippen LogP contribution in [0.3, 0.4) is 0 Å². The Morgan fingerprint density at radius 2 is 1.85 bits per heavy atom. The average Bonchev–Trinajstić information content (AvgIpc) is 3.01. The molecule has 0 saturated carbocycles. The SMILES string of the molecule is CS(=O)(=O)N(CC(=O)N1CCC2(CC1)OCCO2)c1ccc(F)cc1F. The Bertz CT molecular complexity index is 786. The van der Waals surface area contributed by atoms with E-state index >= 15 is 0 Å². The molecule has 2 aliphatic heterocycles. The molecule has 10 heteroatoms. The first kappa shape index (κ1) is 19.0. The fourth-order valence-corrected chi connectivity index (χ4v) is 4.02. The Kier molecular flexibility index (Phi) is 5.18. The third-order valence-electron chi connectivity index (χ3n) is 4.55. The minimum absolute atomic E-state index is 0.350. The quantitative estimate of drug-likeness (QED) is 0.770. The molecule has 2 heterocycles. The van der Waals surface area contributed by atoms with Crippen molar-refractivity contribution in [1.82, 2.24) is 4.90 Å². The van der Waals surface area contributed by atoms with Crippen LogP contribution in [0.2, 0.25) is 0 Å². The lowest BCUT2D eigenvalue weighted by Gasteiger charge is -2.38. The molecule has 2 aliphatic rings. The maximum absolute atomic E-state index is 14.0. The van der Waals surface area contributed by atoms with Gasteiger partial charge in [-0.15, -0.1) is 0 Å². The van der Waals surface area contributed by atoms with E-state index in [0.717, 1.165) is 18.4 Å². The first-order valence-corrected chi connectivity index (χ1v) is 10.0. The maximum Gasteiger partial charge on any atom is 0.243 e. The highest BCUT2D eigenvalue weighted by Gasteiger charge is 2.41. The second-order valence-corrected chi connectivity index (χ2v) is 8.26. The van der Waals surface area contributed by atoms with Crippen LogP contribution in [0.1, 0.15) is 12.8 Å². The number of halogens is 2. The third kappa shape index (κ3) is 3.97. The summed E-state index contributed by atoms with van der Waals surface area (Å²) in [5.74, 6) is -3.00. The summed E-state index contributed by atoms with van der Waals surface area (Å²) in [4.78, 5) is 14.0. The standard InChI is InChI=1S/C16H20F2N2O5S/c1-26(22,23)20(14-3-2-12(17)10-13(14)18)11-15(21)19-6-4-16(5-7-19)24-8-9-25-16/h2-3,10H,4-9,11H2,1H3. The summed E-state index contributed by atoms with van der Waals surface area (Å²) in [6, 6.07) is 2.53. The molecule has 26 heavy (non-hydrogen) atoms. The lowest BCUT2D eigenvalue weighted by atomic mass is 10.0. The van der Waals surface area contributed by atoms with Crippen LogP contribution < -0.4 is 4.31 Å². The van der Waals surface area contributed by atoms with E-state index in [2.05, 4.69) is 0 Å². The molecule has 1 aromatic carbocycles. The van der Waals surface area contributed by atoms with E-state index in [1.165, 1.54) is 4.90 Å². The van der Waals surface area contributed by atoms with Crippen molar-refractivity contribution in [2.75, 3.05) is 43.4 Å². The predicted molar refractivity (Wildman–Crippen MR) is 89.0 cm³/mol. The second kappa shape index (κ2) is 7.09. The number of hydrogen-bond donors (Lipinski definition) is 0. The zero-order valence-electron chi connectivity index (χ0n) is 14.3. The number of nitrogens with zero attached hydrogens (tertiary/aromatic N) is 2. The molecule has 1 amide bonds. The fraction of sp³-hybridized carbons (Fsp3) is 0.562. The van der Waals surface area contributed by atoms with Gasteiger partial charge in [-0.25, -0.2) is 17.2 Å². The van der Waals surface area contributed by atoms with E-state index in [0.29, 0.717) is 49.5 Å². The molecule has 0 aromatic heterocycles. The monoisotopic (exact) mass is 390 g/mol. The summed E-state index contributed by atoms with van der Waals surface area (Å²) in [5, 5.41) is 0. The molecule has 144 valence electrons. The first-order chi connectivity index (χ1) is 12.2. The van der Waals surface area contributed by atoms with Crippen molar-refractivity contribution >= 4 is 21.6 Å². The van der Waals surface area contributed by atoms with Gasteiger partial charge in [0.1, 0.15) is 18.2 Å². The van der Waals surface area contributed by atoms with Gasteiger partial charge in [0, 0.05) is 32.0 Å². The number of ether oxygens (including phenoxy) is 2. The highest BCUT2D eigenvalue weighted by Crippen LogP contribution is 2.31. The zero-order chi connectivity index (χ0) is 18.9. The van der Waals surface area contributed by atoms with Gasteiger partial charge in [0.25, 0.3) is 0 Å². The van der Waals surface area contributed by atoms with Gasteiger partial charge in [0.2, 0.25) is 15.9 Å². The molecule has 3 rings (SSSR count). The number of hydrogen-bond acceptors (Lipinski definition) is 5. The normalized spacial score (nSPS) is 19.7. The van der Waals surface area contributed by atoms with Gasteiger partial charge in [-0.05, 0) is 12.1 Å². The molecule has 1 aromatic rings. The molecular weight excluding hydrogens is 370 g/mol. The number of carbonyl (C=O) groups is 1. The third-order valence-corrected chi connectivity index (χ3v) is 5.68. The molecule has 0 aliphatic carbocycles. The van der Waals surface area contributed by atoms with Gasteiger partial charge in [0.05, 0.1) is 25.2 Å². The second-order valence-electron chi connectivity index (χ2n) is 6.35. The van der Waals surface area contributed by atoms with E-state index < -0.39 is 39.9 Å². The lowest BCUT2D eigenvalue weighted by Crippen LogP contribution is -2.50. The summed E-state index contributed by atoms with van der Waals surface area (Å²) >= 11 is 0. The number of anilines is 1. The Balaban J connectivity index is 1.72. The molecule has 2 fully saturated rings. The van der Waals surface area contributed by atoms with E-state index in [9.17, 15) is 22.0 Å². The molecule has 0 N–H and O–H groups in total. The lowest BCUT2D eigenvalue weighted by molar-refractivity contribution is -0.187. The molecule has 7 nitrogen and oxygen atoms in total. The van der Waals surface area contributed by atoms with Crippen LogP contribution in [0, 0.1) is 11.6 Å². The zero-order valence-corrected chi connectivity index (χ0v) is 15.1. The van der Waals surface area contributed by atoms with Crippen molar-refractivity contribution in [2.45, 2.75) is 18.6 Å². The molecule has 0 bridgehead atoms. The Morgan fingerprint density at radius 3 is 2.38 bits per heavy atom. The van der Waals surface area contributed by atoms with Crippen molar-refractivity contribution in [1.29, 1.82) is 0 Å². The number of amides is 1. The van der Waals surface area contributed by atoms with E-state index in [4.69, 9.17) is 9.47 Å². The largest absolute Gasteiger partial charge is 0.347 e. The maximum atomic E-state index is 14.0. The predicted octanol–water partition coefficient (Wildman–Crippen LogP) is 1.10. The van der Waals surface area contributed by atoms with Crippen LogP contribution in [-0.4, -0.2) is 64.1 Å². The molecule has 1 spiro atoms. The van der Waals surface area contributed by atoms with Gasteiger partial charge < -0.3 is 14.4 Å². The Labute approximate surface area is 150 Å². The highest BCUT2D eigenvalue weighted by molar-refractivity contribution is 7.92. The van der Waals surface area contributed by atoms with Gasteiger partial charge in [-0.3, -0.25) is 9.10 Å². The van der Waals surface area contributed by atoms with Gasteiger partial charge >= 0.3 is 0 Å². The number of likely N-dealkylation sites (tertiary alicyclic amines) is 1. The van der Waals surface area contributed by atoms with Crippen LogP contribution in [0.5, 0.6) is 0 Å². The summed E-state index contributed by atoms with van der Waals surface area (Å²) in [7, 11) is -3.94. The highest BCUT2D eigenvalue weighted by atomic mass is 32.2. The van der Waals surface area contributed by atoms with Crippen molar-refractivity contribution in [3.8, 4) is 0 Å². The molecular formula is C16H20F2N2O5S. The topological polar surface area (TPSA) is 76.2 Å². The number of piperidine rings is 1. The van der Waals surface area contributed by atoms with Crippen molar-refractivity contribution < 1.29 is 31.5 Å². The number of rotatable bonds is 4. The average molecular weight is 390 g/mol. The summed E-state index contributed by atoms with van der Waals surface area (Å²) in [6.07, 6.45) is 1.85. The van der Waals surface area contributed by atoms with Crippen LogP contribution in [0.25, 0.3) is 0 Å². The molecule has 0 radical (unpaired) electrons. The number of benzene rings is 1. The van der Waals surface area contributed by atoms with Crippen molar-refractivity contribution in [3.63, 3.8) is 0 Å². The summed E-state index contributed by atoms with van der Waals surface area (Å²) < 4.78 is 63.0. The Morgan fingerprint density at radius 1 is 1.23 bits per heavy atom. The molecule has 0 atom stereocenters. The smallest absolute Gasteiger partial charge is 0.243 e. The van der Waals surface area contributed by atoms with Crippen LogP contribution in [0.4, 0.5) is 14.5 Å². The minimum Gasteiger partial charge on any atom is -0.347 e. The van der Waals surface area contributed by atoms with Crippen LogP contribution in [0.15, 0.2) is 18.2 Å². The van der Waals surface area contributed by atoms with Crippen molar-refractivity contribution in [3.05, 3.63) is 29.8 Å². The van der Waals surface area contributed by atoms with E-state index in [-0.39, 0.29) is 5.69 Å². The van der Waals surface area contributed by atoms with E-state index in [1.54, 1.807) is 0 Å². The van der Waals surface area contributed by atoms with Gasteiger partial charge in [-0.2, -0.15) is 0 Å². The first-order valence-electron chi connectivity index (χ1n) is 8.19. The minimum atomic E-state index is -3.94.